The van der Waals surface area contributed by atoms with Crippen molar-refractivity contribution >= 4 is 29.1 Å². The monoisotopic (exact) mass is 332 g/mol. The average molecular weight is 333 g/mol. The van der Waals surface area contributed by atoms with Crippen LogP contribution in [0.2, 0.25) is 5.02 Å². The molecule has 2 aromatic rings. The normalized spacial score (nSPS) is 11.6. The maximum atomic E-state index is 11.8. The number of aliphatic hydroxyl groups is 1. The zero-order valence-electron chi connectivity index (χ0n) is 12.3. The number of rotatable bonds is 5. The van der Waals surface area contributed by atoms with E-state index < -0.39 is 17.9 Å². The predicted molar refractivity (Wildman–Crippen MR) is 89.2 cm³/mol. The molecule has 1 atom stereocenters. The number of carbonyl (C=O) groups is 2. The lowest BCUT2D eigenvalue weighted by Crippen LogP contribution is -2.40. The molecule has 120 valence electrons. The number of para-hydroxylation sites is 1. The molecule has 2 rings (SSSR count). The number of benzene rings is 2. The van der Waals surface area contributed by atoms with Gasteiger partial charge in [0.1, 0.15) is 0 Å². The van der Waals surface area contributed by atoms with Crippen molar-refractivity contribution < 1.29 is 14.7 Å². The molecule has 0 aliphatic heterocycles. The fourth-order valence-electron chi connectivity index (χ4n) is 1.99. The van der Waals surface area contributed by atoms with Gasteiger partial charge < -0.3 is 15.7 Å². The molecule has 0 aliphatic carbocycles. The van der Waals surface area contributed by atoms with Gasteiger partial charge in [-0.05, 0) is 17.7 Å². The van der Waals surface area contributed by atoms with Crippen molar-refractivity contribution in [3.05, 3.63) is 65.2 Å². The van der Waals surface area contributed by atoms with Crippen LogP contribution in [0.5, 0.6) is 0 Å². The Bertz CT molecular complexity index is 677. The summed E-state index contributed by atoms with van der Waals surface area (Å²) in [7, 11) is 0. The number of hydrogen-bond donors (Lipinski definition) is 3. The van der Waals surface area contributed by atoms with E-state index in [1.54, 1.807) is 24.3 Å². The summed E-state index contributed by atoms with van der Waals surface area (Å²) in [5, 5.41) is 15.1. The summed E-state index contributed by atoms with van der Waals surface area (Å²) in [6, 6.07) is 16.0. The molecule has 0 unspecified atom stereocenters. The smallest absolute Gasteiger partial charge is 0.313 e. The third kappa shape index (κ3) is 5.39. The molecule has 6 heteroatoms. The van der Waals surface area contributed by atoms with Crippen molar-refractivity contribution in [2.24, 2.45) is 0 Å². The molecule has 0 bridgehead atoms. The summed E-state index contributed by atoms with van der Waals surface area (Å²) in [6.45, 7) is -0.0102. The zero-order valence-corrected chi connectivity index (χ0v) is 13.1. The second kappa shape index (κ2) is 8.31. The van der Waals surface area contributed by atoms with E-state index in [0.29, 0.717) is 17.1 Å². The van der Waals surface area contributed by atoms with Crippen LogP contribution < -0.4 is 10.6 Å². The van der Waals surface area contributed by atoms with Gasteiger partial charge in [-0.25, -0.2) is 0 Å². The van der Waals surface area contributed by atoms with Crippen LogP contribution in [0, 0.1) is 0 Å². The molecule has 0 radical (unpaired) electrons. The minimum Gasteiger partial charge on any atom is -0.391 e. The van der Waals surface area contributed by atoms with Gasteiger partial charge in [0.15, 0.2) is 0 Å². The fourth-order valence-corrected chi connectivity index (χ4v) is 2.17. The first-order valence-corrected chi connectivity index (χ1v) is 7.50. The van der Waals surface area contributed by atoms with Crippen molar-refractivity contribution in [2.75, 3.05) is 11.9 Å². The first-order chi connectivity index (χ1) is 11.1. The molecule has 2 amide bonds. The van der Waals surface area contributed by atoms with Crippen LogP contribution in [-0.4, -0.2) is 29.6 Å². The molecule has 0 aliphatic rings. The van der Waals surface area contributed by atoms with E-state index in [1.807, 2.05) is 30.3 Å². The van der Waals surface area contributed by atoms with Crippen LogP contribution in [0.3, 0.4) is 0 Å². The van der Waals surface area contributed by atoms with Crippen molar-refractivity contribution in [2.45, 2.75) is 12.5 Å². The minimum atomic E-state index is -0.829. The summed E-state index contributed by atoms with van der Waals surface area (Å²) in [4.78, 5) is 23.5. The average Bonchev–Trinajstić information content (AvgIpc) is 2.55. The molecule has 23 heavy (non-hydrogen) atoms. The molecule has 3 N–H and O–H groups in total. The van der Waals surface area contributed by atoms with E-state index in [-0.39, 0.29) is 6.54 Å². The highest BCUT2D eigenvalue weighted by Gasteiger charge is 2.16. The lowest BCUT2D eigenvalue weighted by molar-refractivity contribution is -0.136. The Kier molecular flexibility index (Phi) is 6.14. The lowest BCUT2D eigenvalue weighted by Gasteiger charge is -2.12. The maximum Gasteiger partial charge on any atom is 0.313 e. The molecular formula is C17H17ClN2O3. The standard InChI is InChI=1S/C17H17ClN2O3/c18-14-8-4-5-9-15(14)20-17(23)16(22)19-11-13(21)10-12-6-2-1-3-7-12/h1-9,13,21H,10-11H2,(H,19,22)(H,20,23)/t13-/m0/s1. The van der Waals surface area contributed by atoms with Crippen LogP contribution >= 0.6 is 11.6 Å². The maximum absolute atomic E-state index is 11.8. The van der Waals surface area contributed by atoms with Crippen molar-refractivity contribution in [1.82, 2.24) is 5.32 Å². The number of amides is 2. The van der Waals surface area contributed by atoms with Gasteiger partial charge in [0.25, 0.3) is 0 Å². The highest BCUT2D eigenvalue weighted by molar-refractivity contribution is 6.41. The van der Waals surface area contributed by atoms with Crippen molar-refractivity contribution in [3.8, 4) is 0 Å². The van der Waals surface area contributed by atoms with Crippen molar-refractivity contribution in [3.63, 3.8) is 0 Å². The summed E-state index contributed by atoms with van der Waals surface area (Å²) in [6.07, 6.45) is -0.373. The van der Waals surface area contributed by atoms with E-state index in [4.69, 9.17) is 11.6 Å². The van der Waals surface area contributed by atoms with Gasteiger partial charge in [-0.2, -0.15) is 0 Å². The second-order valence-electron chi connectivity index (χ2n) is 4.99. The molecule has 2 aromatic carbocycles. The summed E-state index contributed by atoms with van der Waals surface area (Å²) in [5.74, 6) is -1.65. The Morgan fingerprint density at radius 2 is 1.65 bits per heavy atom. The molecule has 0 saturated carbocycles. The van der Waals surface area contributed by atoms with Gasteiger partial charge in [0, 0.05) is 13.0 Å². The Balaban J connectivity index is 1.80. The molecule has 0 spiro atoms. The van der Waals surface area contributed by atoms with Crippen LogP contribution in [0.1, 0.15) is 5.56 Å². The number of halogens is 1. The third-order valence-electron chi connectivity index (χ3n) is 3.14. The van der Waals surface area contributed by atoms with Crippen LogP contribution in [0.4, 0.5) is 5.69 Å². The van der Waals surface area contributed by atoms with E-state index in [1.165, 1.54) is 0 Å². The Morgan fingerprint density at radius 3 is 2.35 bits per heavy atom. The third-order valence-corrected chi connectivity index (χ3v) is 3.47. The number of nitrogens with one attached hydrogen (secondary N) is 2. The van der Waals surface area contributed by atoms with Crippen LogP contribution in [0.15, 0.2) is 54.6 Å². The summed E-state index contributed by atoms with van der Waals surface area (Å²) >= 11 is 5.90. The van der Waals surface area contributed by atoms with Crippen LogP contribution in [-0.2, 0) is 16.0 Å². The van der Waals surface area contributed by atoms with Crippen LogP contribution in [0.25, 0.3) is 0 Å². The quantitative estimate of drug-likeness (QED) is 0.733. The van der Waals surface area contributed by atoms with E-state index >= 15 is 0 Å². The molecular weight excluding hydrogens is 316 g/mol. The first-order valence-electron chi connectivity index (χ1n) is 7.12. The largest absolute Gasteiger partial charge is 0.391 e. The number of aliphatic hydroxyl groups excluding tert-OH is 1. The topological polar surface area (TPSA) is 78.4 Å². The molecule has 0 aromatic heterocycles. The molecule has 0 heterocycles. The van der Waals surface area contributed by atoms with Gasteiger partial charge in [0.05, 0.1) is 16.8 Å². The number of hydrogen-bond acceptors (Lipinski definition) is 3. The number of anilines is 1. The van der Waals surface area contributed by atoms with Gasteiger partial charge in [-0.15, -0.1) is 0 Å². The SMILES string of the molecule is O=C(NC[C@@H](O)Cc1ccccc1)C(=O)Nc1ccccc1Cl. The molecule has 0 saturated heterocycles. The highest BCUT2D eigenvalue weighted by atomic mass is 35.5. The Morgan fingerprint density at radius 1 is 1.00 bits per heavy atom. The highest BCUT2D eigenvalue weighted by Crippen LogP contribution is 2.20. The number of carbonyl (C=O) groups excluding carboxylic acids is 2. The van der Waals surface area contributed by atoms with Gasteiger partial charge in [-0.3, -0.25) is 9.59 Å². The van der Waals surface area contributed by atoms with Gasteiger partial charge in [-0.1, -0.05) is 54.1 Å². The minimum absolute atomic E-state index is 0.0102. The fraction of sp³-hybridized carbons (Fsp3) is 0.176. The zero-order chi connectivity index (χ0) is 16.7. The lowest BCUT2D eigenvalue weighted by atomic mass is 10.1. The Hall–Kier alpha value is -2.37. The summed E-state index contributed by atoms with van der Waals surface area (Å²) in [5.41, 5.74) is 1.31. The summed E-state index contributed by atoms with van der Waals surface area (Å²) < 4.78 is 0. The van der Waals surface area contributed by atoms with E-state index in [2.05, 4.69) is 10.6 Å². The van der Waals surface area contributed by atoms with E-state index in [9.17, 15) is 14.7 Å². The molecule has 5 nitrogen and oxygen atoms in total. The van der Waals surface area contributed by atoms with Gasteiger partial charge in [0.2, 0.25) is 0 Å². The predicted octanol–water partition coefficient (Wildman–Crippen LogP) is 2.00. The second-order valence-corrected chi connectivity index (χ2v) is 5.39. The first kappa shape index (κ1) is 17.0. The van der Waals surface area contributed by atoms with E-state index in [0.717, 1.165) is 5.56 Å². The van der Waals surface area contributed by atoms with Crippen molar-refractivity contribution in [1.29, 1.82) is 0 Å². The van der Waals surface area contributed by atoms with Gasteiger partial charge >= 0.3 is 11.8 Å². The Labute approximate surface area is 139 Å². The molecule has 0 fully saturated rings.